The Bertz CT molecular complexity index is 1180. The van der Waals surface area contributed by atoms with Crippen molar-refractivity contribution in [3.8, 4) is 11.5 Å². The summed E-state index contributed by atoms with van der Waals surface area (Å²) in [6, 6.07) is 5.92. The van der Waals surface area contributed by atoms with Crippen molar-refractivity contribution in [1.29, 1.82) is 0 Å². The summed E-state index contributed by atoms with van der Waals surface area (Å²) in [5.41, 5.74) is 2.43. The molecule has 5 rings (SSSR count). The lowest BCUT2D eigenvalue weighted by Gasteiger charge is -2.15. The van der Waals surface area contributed by atoms with Crippen molar-refractivity contribution in [2.24, 2.45) is 0 Å². The van der Waals surface area contributed by atoms with Crippen LogP contribution in [0.3, 0.4) is 0 Å². The van der Waals surface area contributed by atoms with Crippen LogP contribution in [-0.2, 0) is 30.5 Å². The second kappa shape index (κ2) is 9.45. The lowest BCUT2D eigenvalue weighted by atomic mass is 10.1. The van der Waals surface area contributed by atoms with Gasteiger partial charge in [0.05, 0.1) is 25.7 Å². The minimum atomic E-state index is 0.102. The minimum Gasteiger partial charge on any atom is -0.493 e. The number of benzene rings is 1. The Labute approximate surface area is 195 Å². The molecule has 1 atom stereocenters. The smallest absolute Gasteiger partial charge is 0.263 e. The van der Waals surface area contributed by atoms with Crippen molar-refractivity contribution in [3.05, 3.63) is 44.6 Å². The zero-order chi connectivity index (χ0) is 22.1. The van der Waals surface area contributed by atoms with Gasteiger partial charge in [0.25, 0.3) is 5.56 Å². The Hall–Kier alpha value is -2.03. The maximum absolute atomic E-state index is 13.7. The van der Waals surface area contributed by atoms with Gasteiger partial charge < -0.3 is 14.2 Å². The Kier molecular flexibility index (Phi) is 6.44. The van der Waals surface area contributed by atoms with Gasteiger partial charge in [-0.15, -0.1) is 11.3 Å². The molecule has 3 heterocycles. The normalized spacial score (nSPS) is 17.8. The van der Waals surface area contributed by atoms with E-state index in [1.54, 1.807) is 37.3 Å². The van der Waals surface area contributed by atoms with Crippen LogP contribution in [0.15, 0.2) is 28.2 Å². The molecule has 1 fully saturated rings. The summed E-state index contributed by atoms with van der Waals surface area (Å²) in [7, 11) is 3.27. The van der Waals surface area contributed by atoms with Gasteiger partial charge in [-0.05, 0) is 61.8 Å². The summed E-state index contributed by atoms with van der Waals surface area (Å²) in [5, 5.41) is 1.65. The van der Waals surface area contributed by atoms with Crippen LogP contribution in [0.4, 0.5) is 0 Å². The first-order chi connectivity index (χ1) is 15.7. The summed E-state index contributed by atoms with van der Waals surface area (Å²) < 4.78 is 18.5. The Balaban J connectivity index is 1.47. The van der Waals surface area contributed by atoms with Crippen LogP contribution < -0.4 is 15.0 Å². The van der Waals surface area contributed by atoms with Gasteiger partial charge in [0.2, 0.25) is 0 Å². The number of hydrogen-bond acceptors (Lipinski definition) is 7. The number of hydrogen-bond donors (Lipinski definition) is 0. The number of methoxy groups -OCH3 is 2. The van der Waals surface area contributed by atoms with Crippen LogP contribution in [-0.4, -0.2) is 42.2 Å². The summed E-state index contributed by atoms with van der Waals surface area (Å²) >= 11 is 3.36. The highest BCUT2D eigenvalue weighted by atomic mass is 32.2. The van der Waals surface area contributed by atoms with Gasteiger partial charge in [-0.1, -0.05) is 17.8 Å². The summed E-state index contributed by atoms with van der Waals surface area (Å²) in [5.74, 6) is 2.24. The number of thiophene rings is 1. The first-order valence-corrected chi connectivity index (χ1v) is 13.0. The van der Waals surface area contributed by atoms with E-state index in [1.165, 1.54) is 10.4 Å². The van der Waals surface area contributed by atoms with Gasteiger partial charge in [0.15, 0.2) is 16.7 Å². The predicted octanol–water partition coefficient (Wildman–Crippen LogP) is 4.48. The van der Waals surface area contributed by atoms with Crippen LogP contribution in [0, 0.1) is 0 Å². The van der Waals surface area contributed by atoms with Crippen LogP contribution in [0.5, 0.6) is 11.5 Å². The second-order valence-corrected chi connectivity index (χ2v) is 10.3. The highest BCUT2D eigenvalue weighted by Crippen LogP contribution is 2.36. The van der Waals surface area contributed by atoms with Crippen molar-refractivity contribution in [3.63, 3.8) is 0 Å². The van der Waals surface area contributed by atoms with Gasteiger partial charge in [-0.25, -0.2) is 4.98 Å². The van der Waals surface area contributed by atoms with Gasteiger partial charge >= 0.3 is 0 Å². The third-order valence-electron chi connectivity index (χ3n) is 6.28. The molecular formula is C24H28N2O4S2. The van der Waals surface area contributed by atoms with E-state index in [9.17, 15) is 4.79 Å². The topological polar surface area (TPSA) is 62.6 Å². The number of aromatic nitrogens is 2. The molecule has 1 aliphatic carbocycles. The molecule has 170 valence electrons. The van der Waals surface area contributed by atoms with Gasteiger partial charge in [-0.3, -0.25) is 9.36 Å². The SMILES string of the molecule is COc1ccc(CCn2c(SCC3CCCO3)nc3sc4c(c3c2=O)CCC4)cc1OC. The van der Waals surface area contributed by atoms with Crippen LogP contribution in [0.25, 0.3) is 10.2 Å². The second-order valence-electron chi connectivity index (χ2n) is 8.27. The number of aryl methyl sites for hydroxylation is 3. The standard InChI is InChI=1S/C24H28N2O4S2/c1-28-18-9-8-15(13-19(18)29-2)10-11-26-23(27)21-17-6-3-7-20(17)32-22(21)25-24(26)31-14-16-5-4-12-30-16/h8-9,13,16H,3-7,10-12,14H2,1-2H3. The molecule has 1 aliphatic heterocycles. The summed E-state index contributed by atoms with van der Waals surface area (Å²) in [4.78, 5) is 20.9. The van der Waals surface area contributed by atoms with E-state index < -0.39 is 0 Å². The molecule has 32 heavy (non-hydrogen) atoms. The molecular weight excluding hydrogens is 444 g/mol. The fraction of sp³-hybridized carbons (Fsp3) is 0.500. The van der Waals surface area contributed by atoms with Crippen molar-refractivity contribution < 1.29 is 14.2 Å². The van der Waals surface area contributed by atoms with E-state index in [-0.39, 0.29) is 11.7 Å². The maximum Gasteiger partial charge on any atom is 0.263 e. The average Bonchev–Trinajstić information content (AvgIpc) is 3.54. The maximum atomic E-state index is 13.7. The molecule has 0 saturated carbocycles. The Morgan fingerprint density at radius 3 is 2.88 bits per heavy atom. The van der Waals surface area contributed by atoms with Gasteiger partial charge in [-0.2, -0.15) is 0 Å². The predicted molar refractivity (Wildman–Crippen MR) is 129 cm³/mol. The monoisotopic (exact) mass is 472 g/mol. The molecule has 2 aromatic heterocycles. The van der Waals surface area contributed by atoms with E-state index >= 15 is 0 Å². The molecule has 0 bridgehead atoms. The first-order valence-electron chi connectivity index (χ1n) is 11.2. The molecule has 0 radical (unpaired) electrons. The van der Waals surface area contributed by atoms with E-state index in [0.29, 0.717) is 24.5 Å². The van der Waals surface area contributed by atoms with Crippen molar-refractivity contribution in [1.82, 2.24) is 9.55 Å². The van der Waals surface area contributed by atoms with E-state index in [0.717, 1.165) is 65.4 Å². The van der Waals surface area contributed by atoms with Crippen molar-refractivity contribution in [2.75, 3.05) is 26.6 Å². The summed E-state index contributed by atoms with van der Waals surface area (Å²) in [6.45, 7) is 1.41. The molecule has 1 saturated heterocycles. The summed E-state index contributed by atoms with van der Waals surface area (Å²) in [6.07, 6.45) is 6.36. The highest BCUT2D eigenvalue weighted by molar-refractivity contribution is 7.99. The van der Waals surface area contributed by atoms with E-state index in [2.05, 4.69) is 0 Å². The van der Waals surface area contributed by atoms with E-state index in [1.807, 2.05) is 22.8 Å². The highest BCUT2D eigenvalue weighted by Gasteiger charge is 2.24. The lowest BCUT2D eigenvalue weighted by molar-refractivity contribution is 0.129. The van der Waals surface area contributed by atoms with Gasteiger partial charge in [0.1, 0.15) is 4.83 Å². The van der Waals surface area contributed by atoms with Crippen LogP contribution >= 0.6 is 23.1 Å². The molecule has 2 aliphatic rings. The first kappa shape index (κ1) is 21.8. The molecule has 0 spiro atoms. The fourth-order valence-electron chi connectivity index (χ4n) is 4.59. The molecule has 6 nitrogen and oxygen atoms in total. The van der Waals surface area contributed by atoms with Crippen molar-refractivity contribution in [2.45, 2.75) is 56.3 Å². The number of thioether (sulfide) groups is 1. The lowest BCUT2D eigenvalue weighted by Crippen LogP contribution is -2.25. The molecule has 1 unspecified atom stereocenters. The number of nitrogens with zero attached hydrogens (tertiary/aromatic N) is 2. The third kappa shape index (κ3) is 4.16. The number of ether oxygens (including phenoxy) is 3. The zero-order valence-corrected chi connectivity index (χ0v) is 20.2. The average molecular weight is 473 g/mol. The van der Waals surface area contributed by atoms with Crippen LogP contribution in [0.1, 0.15) is 35.3 Å². The molecule has 0 amide bonds. The molecule has 8 heteroatoms. The molecule has 3 aromatic rings. The molecule has 1 aromatic carbocycles. The number of rotatable bonds is 8. The Morgan fingerprint density at radius 2 is 2.09 bits per heavy atom. The third-order valence-corrected chi connectivity index (χ3v) is 8.58. The van der Waals surface area contributed by atoms with E-state index in [4.69, 9.17) is 19.2 Å². The number of fused-ring (bicyclic) bond motifs is 3. The van der Waals surface area contributed by atoms with Crippen molar-refractivity contribution >= 4 is 33.3 Å². The fourth-order valence-corrected chi connectivity index (χ4v) is 6.98. The molecule has 0 N–H and O–H groups in total. The Morgan fingerprint density at radius 1 is 1.22 bits per heavy atom. The largest absolute Gasteiger partial charge is 0.493 e. The van der Waals surface area contributed by atoms with Gasteiger partial charge in [0, 0.05) is 23.8 Å². The quantitative estimate of drug-likeness (QED) is 0.356. The zero-order valence-electron chi connectivity index (χ0n) is 18.5. The minimum absolute atomic E-state index is 0.102. The van der Waals surface area contributed by atoms with Crippen LogP contribution in [0.2, 0.25) is 0 Å².